The third kappa shape index (κ3) is 2.42. The van der Waals surface area contributed by atoms with Crippen LogP contribution in [-0.2, 0) is 13.1 Å². The fraction of sp³-hybridized carbons (Fsp3) is 0.467. The Kier molecular flexibility index (Phi) is 3.35. The van der Waals surface area contributed by atoms with Crippen molar-refractivity contribution >= 4 is 10.9 Å². The molecule has 2 aromatic rings. The number of benzene rings is 1. The molecule has 4 N–H and O–H groups in total. The number of nitrogens with two attached hydrogens (primary N) is 1. The maximum absolute atomic E-state index is 5.67. The molecule has 3 nitrogen and oxygen atoms in total. The normalized spacial score (nSPS) is 16.7. The van der Waals surface area contributed by atoms with E-state index in [0.717, 1.165) is 12.6 Å². The smallest absolute Gasteiger partial charge is 0.0456 e. The lowest BCUT2D eigenvalue weighted by Gasteiger charge is -2.10. The van der Waals surface area contributed by atoms with E-state index in [1.807, 2.05) is 0 Å². The predicted molar refractivity (Wildman–Crippen MR) is 75.3 cm³/mol. The molecule has 1 aliphatic carbocycles. The maximum atomic E-state index is 5.67. The summed E-state index contributed by atoms with van der Waals surface area (Å²) >= 11 is 0. The van der Waals surface area contributed by atoms with Gasteiger partial charge in [0.05, 0.1) is 0 Å². The Morgan fingerprint density at radius 3 is 2.83 bits per heavy atom. The van der Waals surface area contributed by atoms with E-state index in [0.29, 0.717) is 6.54 Å². The van der Waals surface area contributed by atoms with Gasteiger partial charge in [-0.3, -0.25) is 0 Å². The van der Waals surface area contributed by atoms with Crippen LogP contribution < -0.4 is 11.1 Å². The van der Waals surface area contributed by atoms with E-state index in [1.165, 1.54) is 47.8 Å². The van der Waals surface area contributed by atoms with Crippen molar-refractivity contribution in [3.63, 3.8) is 0 Å². The Balaban J connectivity index is 1.72. The summed E-state index contributed by atoms with van der Waals surface area (Å²) in [6.45, 7) is 1.55. The largest absolute Gasteiger partial charge is 0.357 e. The van der Waals surface area contributed by atoms with Crippen LogP contribution in [0, 0.1) is 0 Å². The summed E-state index contributed by atoms with van der Waals surface area (Å²) in [5.41, 5.74) is 9.33. The summed E-state index contributed by atoms with van der Waals surface area (Å²) in [7, 11) is 0. The van der Waals surface area contributed by atoms with Gasteiger partial charge in [-0.2, -0.15) is 0 Å². The number of aromatic amines is 1. The molecule has 1 heterocycles. The van der Waals surface area contributed by atoms with Gasteiger partial charge >= 0.3 is 0 Å². The molecule has 0 amide bonds. The summed E-state index contributed by atoms with van der Waals surface area (Å²) in [5, 5.41) is 4.90. The van der Waals surface area contributed by atoms with E-state index in [-0.39, 0.29) is 0 Å². The number of fused-ring (bicyclic) bond motifs is 1. The monoisotopic (exact) mass is 243 g/mol. The van der Waals surface area contributed by atoms with Gasteiger partial charge < -0.3 is 16.0 Å². The van der Waals surface area contributed by atoms with Gasteiger partial charge in [0.15, 0.2) is 0 Å². The van der Waals surface area contributed by atoms with E-state index < -0.39 is 0 Å². The lowest BCUT2D eigenvalue weighted by molar-refractivity contribution is 0.520. The van der Waals surface area contributed by atoms with E-state index in [1.54, 1.807) is 0 Å². The number of nitrogens with one attached hydrogen (secondary N) is 2. The van der Waals surface area contributed by atoms with Crippen molar-refractivity contribution in [1.29, 1.82) is 0 Å². The van der Waals surface area contributed by atoms with Gasteiger partial charge in [-0.25, -0.2) is 0 Å². The van der Waals surface area contributed by atoms with Crippen molar-refractivity contribution < 1.29 is 0 Å². The Morgan fingerprint density at radius 2 is 2.06 bits per heavy atom. The van der Waals surface area contributed by atoms with Crippen LogP contribution in [0.3, 0.4) is 0 Å². The molecule has 0 unspecified atom stereocenters. The van der Waals surface area contributed by atoms with Crippen LogP contribution in [0.2, 0.25) is 0 Å². The number of H-pyrrole nitrogens is 1. The first-order valence-corrected chi connectivity index (χ1v) is 6.89. The molecule has 3 heteroatoms. The first kappa shape index (κ1) is 11.8. The van der Waals surface area contributed by atoms with E-state index in [2.05, 4.69) is 34.6 Å². The SMILES string of the molecule is NCc1ccc2[nH]c(CNC3CCCC3)cc2c1. The Morgan fingerprint density at radius 1 is 1.22 bits per heavy atom. The molecule has 1 aliphatic rings. The molecule has 0 spiro atoms. The topological polar surface area (TPSA) is 53.8 Å². The van der Waals surface area contributed by atoms with Crippen molar-refractivity contribution in [2.75, 3.05) is 0 Å². The first-order valence-electron chi connectivity index (χ1n) is 6.89. The van der Waals surface area contributed by atoms with Gasteiger partial charge in [0.1, 0.15) is 0 Å². The highest BCUT2D eigenvalue weighted by molar-refractivity contribution is 5.81. The molecule has 3 rings (SSSR count). The van der Waals surface area contributed by atoms with Crippen LogP contribution in [0.5, 0.6) is 0 Å². The van der Waals surface area contributed by atoms with Gasteiger partial charge in [0, 0.05) is 35.7 Å². The molecule has 1 saturated carbocycles. The van der Waals surface area contributed by atoms with Crippen LogP contribution in [0.15, 0.2) is 24.3 Å². The molecule has 1 fully saturated rings. The maximum Gasteiger partial charge on any atom is 0.0456 e. The zero-order chi connectivity index (χ0) is 12.4. The van der Waals surface area contributed by atoms with Crippen LogP contribution in [0.25, 0.3) is 10.9 Å². The molecule has 0 bridgehead atoms. The van der Waals surface area contributed by atoms with Crippen molar-refractivity contribution in [1.82, 2.24) is 10.3 Å². The molecule has 0 saturated heterocycles. The van der Waals surface area contributed by atoms with Crippen molar-refractivity contribution in [3.8, 4) is 0 Å². The average molecular weight is 243 g/mol. The minimum absolute atomic E-state index is 0.608. The molecule has 0 atom stereocenters. The average Bonchev–Trinajstić information content (AvgIpc) is 3.04. The summed E-state index contributed by atoms with van der Waals surface area (Å²) in [6, 6.07) is 9.33. The fourth-order valence-corrected chi connectivity index (χ4v) is 2.85. The minimum Gasteiger partial charge on any atom is -0.357 e. The third-order valence-electron chi connectivity index (χ3n) is 3.91. The van der Waals surface area contributed by atoms with Crippen molar-refractivity contribution in [2.45, 2.75) is 44.8 Å². The van der Waals surface area contributed by atoms with Crippen molar-refractivity contribution in [2.24, 2.45) is 5.73 Å². The standard InChI is InChI=1S/C15H21N3/c16-9-11-5-6-15-12(7-11)8-14(18-15)10-17-13-3-1-2-4-13/h5-8,13,17-18H,1-4,9-10,16H2. The minimum atomic E-state index is 0.608. The Bertz CT molecular complexity index is 524. The molecular weight excluding hydrogens is 222 g/mol. The highest BCUT2D eigenvalue weighted by atomic mass is 14.9. The molecule has 1 aromatic carbocycles. The van der Waals surface area contributed by atoms with Gasteiger partial charge in [0.25, 0.3) is 0 Å². The second-order valence-corrected chi connectivity index (χ2v) is 5.28. The molecule has 1 aromatic heterocycles. The highest BCUT2D eigenvalue weighted by Gasteiger charge is 2.14. The molecular formula is C15H21N3. The zero-order valence-electron chi connectivity index (χ0n) is 10.7. The molecule has 18 heavy (non-hydrogen) atoms. The van der Waals surface area contributed by atoms with Gasteiger partial charge in [-0.05, 0) is 36.6 Å². The lowest BCUT2D eigenvalue weighted by Crippen LogP contribution is -2.25. The third-order valence-corrected chi connectivity index (χ3v) is 3.91. The van der Waals surface area contributed by atoms with E-state index in [9.17, 15) is 0 Å². The number of aromatic nitrogens is 1. The van der Waals surface area contributed by atoms with Gasteiger partial charge in [-0.1, -0.05) is 18.9 Å². The second-order valence-electron chi connectivity index (χ2n) is 5.28. The van der Waals surface area contributed by atoms with Crippen LogP contribution in [0.4, 0.5) is 0 Å². The molecule has 96 valence electrons. The Hall–Kier alpha value is -1.32. The number of hydrogen-bond acceptors (Lipinski definition) is 2. The molecule has 0 aliphatic heterocycles. The van der Waals surface area contributed by atoms with Crippen LogP contribution in [0.1, 0.15) is 36.9 Å². The van der Waals surface area contributed by atoms with Gasteiger partial charge in [0.2, 0.25) is 0 Å². The summed E-state index contributed by atoms with van der Waals surface area (Å²) in [4.78, 5) is 3.47. The first-order chi connectivity index (χ1) is 8.85. The van der Waals surface area contributed by atoms with Crippen molar-refractivity contribution in [3.05, 3.63) is 35.5 Å². The summed E-state index contributed by atoms with van der Waals surface area (Å²) in [5.74, 6) is 0. The van der Waals surface area contributed by atoms with Gasteiger partial charge in [-0.15, -0.1) is 0 Å². The second kappa shape index (κ2) is 5.12. The predicted octanol–water partition coefficient (Wildman–Crippen LogP) is 2.66. The summed E-state index contributed by atoms with van der Waals surface area (Å²) in [6.07, 6.45) is 5.42. The highest BCUT2D eigenvalue weighted by Crippen LogP contribution is 2.20. The molecule has 0 radical (unpaired) electrons. The lowest BCUT2D eigenvalue weighted by atomic mass is 10.1. The number of hydrogen-bond donors (Lipinski definition) is 3. The fourth-order valence-electron chi connectivity index (χ4n) is 2.85. The quantitative estimate of drug-likeness (QED) is 0.773. The Labute approximate surface area is 108 Å². The van der Waals surface area contributed by atoms with E-state index in [4.69, 9.17) is 5.73 Å². The summed E-state index contributed by atoms with van der Waals surface area (Å²) < 4.78 is 0. The van der Waals surface area contributed by atoms with Crippen LogP contribution >= 0.6 is 0 Å². The number of rotatable bonds is 4. The van der Waals surface area contributed by atoms with E-state index >= 15 is 0 Å². The van der Waals surface area contributed by atoms with Crippen LogP contribution in [-0.4, -0.2) is 11.0 Å². The zero-order valence-corrected chi connectivity index (χ0v) is 10.7.